The number of hydrogen-bond donors (Lipinski definition) is 0. The van der Waals surface area contributed by atoms with E-state index in [1.54, 1.807) is 13.4 Å². The smallest absolute Gasteiger partial charge is 0.136 e. The van der Waals surface area contributed by atoms with Gasteiger partial charge in [0, 0.05) is 36.8 Å². The van der Waals surface area contributed by atoms with Gasteiger partial charge >= 0.3 is 0 Å². The Bertz CT molecular complexity index is 783. The number of fused-ring (bicyclic) bond motifs is 4. The van der Waals surface area contributed by atoms with Crippen LogP contribution in [0.2, 0.25) is 0 Å². The Kier molecular flexibility index (Phi) is 3.47. The molecule has 0 saturated carbocycles. The van der Waals surface area contributed by atoms with Crippen LogP contribution in [0, 0.1) is 11.3 Å². The lowest BCUT2D eigenvalue weighted by Gasteiger charge is -2.35. The second kappa shape index (κ2) is 5.64. The van der Waals surface area contributed by atoms with Crippen molar-refractivity contribution in [2.45, 2.75) is 37.9 Å². The van der Waals surface area contributed by atoms with Crippen LogP contribution >= 0.6 is 0 Å². The second-order valence-corrected chi connectivity index (χ2v) is 6.19. The summed E-state index contributed by atoms with van der Waals surface area (Å²) < 4.78 is 5.23. The Morgan fingerprint density at radius 1 is 1.39 bits per heavy atom. The van der Waals surface area contributed by atoms with Crippen molar-refractivity contribution in [1.82, 2.24) is 14.9 Å². The Balaban J connectivity index is 1.62. The maximum absolute atomic E-state index is 9.27. The molecule has 5 nitrogen and oxygen atoms in total. The maximum atomic E-state index is 9.27. The summed E-state index contributed by atoms with van der Waals surface area (Å²) in [4.78, 5) is 11.2. The van der Waals surface area contributed by atoms with E-state index in [1.807, 2.05) is 18.3 Å². The number of aromatic nitrogens is 2. The zero-order valence-electron chi connectivity index (χ0n) is 13.1. The number of ether oxygens (including phenoxy) is 1. The van der Waals surface area contributed by atoms with Crippen LogP contribution in [0.25, 0.3) is 0 Å². The fourth-order valence-electron chi connectivity index (χ4n) is 3.92. The van der Waals surface area contributed by atoms with Crippen molar-refractivity contribution in [2.75, 3.05) is 7.11 Å². The molecule has 5 heteroatoms. The molecule has 0 amide bonds. The molecule has 4 rings (SSSR count). The van der Waals surface area contributed by atoms with Gasteiger partial charge in [-0.25, -0.2) is 9.97 Å². The van der Waals surface area contributed by atoms with Crippen molar-refractivity contribution in [3.63, 3.8) is 0 Å². The van der Waals surface area contributed by atoms with Crippen LogP contribution in [-0.2, 0) is 13.0 Å². The predicted octanol–water partition coefficient (Wildman–Crippen LogP) is 2.62. The van der Waals surface area contributed by atoms with E-state index in [4.69, 9.17) is 4.74 Å². The van der Waals surface area contributed by atoms with Crippen LogP contribution < -0.4 is 4.74 Å². The van der Waals surface area contributed by atoms with Gasteiger partial charge in [0.25, 0.3) is 0 Å². The molecule has 1 aromatic heterocycles. The molecule has 3 heterocycles. The maximum Gasteiger partial charge on any atom is 0.136 e. The van der Waals surface area contributed by atoms with E-state index in [2.05, 4.69) is 27.0 Å². The van der Waals surface area contributed by atoms with Crippen molar-refractivity contribution < 1.29 is 4.74 Å². The van der Waals surface area contributed by atoms with Crippen molar-refractivity contribution in [3.05, 3.63) is 53.1 Å². The van der Waals surface area contributed by atoms with Gasteiger partial charge in [0.2, 0.25) is 0 Å². The predicted molar refractivity (Wildman–Crippen MR) is 84.8 cm³/mol. The molecule has 2 unspecified atom stereocenters. The Morgan fingerprint density at radius 3 is 3.13 bits per heavy atom. The molecule has 0 spiro atoms. The highest BCUT2D eigenvalue weighted by Gasteiger charge is 2.40. The van der Waals surface area contributed by atoms with Gasteiger partial charge in [0.05, 0.1) is 18.4 Å². The van der Waals surface area contributed by atoms with Crippen LogP contribution in [-0.4, -0.2) is 28.0 Å². The standard InChI is InChI=1S/C18H18N4O/c1-23-18-5-2-12(6-13(18)8-19)10-22-14-3-4-17(22)15-9-20-11-21-16(15)7-14/h2,5-6,9,11,14,17H,3-4,7,10H2,1H3. The highest BCUT2D eigenvalue weighted by Crippen LogP contribution is 2.43. The van der Waals surface area contributed by atoms with Gasteiger partial charge in [-0.2, -0.15) is 5.26 Å². The SMILES string of the molecule is COc1ccc(CN2C3CCC2c2cncnc2C3)cc1C#N. The molecule has 1 fully saturated rings. The fourth-order valence-corrected chi connectivity index (χ4v) is 3.92. The molecule has 2 aliphatic rings. The molecule has 116 valence electrons. The van der Waals surface area contributed by atoms with E-state index in [-0.39, 0.29) is 0 Å². The summed E-state index contributed by atoms with van der Waals surface area (Å²) in [6, 6.07) is 9.03. The van der Waals surface area contributed by atoms with E-state index < -0.39 is 0 Å². The first-order valence-corrected chi connectivity index (χ1v) is 7.91. The summed E-state index contributed by atoms with van der Waals surface area (Å²) in [6.45, 7) is 0.850. The molecule has 1 aromatic carbocycles. The summed E-state index contributed by atoms with van der Waals surface area (Å²) in [5.41, 5.74) is 4.23. The third-order valence-electron chi connectivity index (χ3n) is 5.01. The third kappa shape index (κ3) is 2.36. The second-order valence-electron chi connectivity index (χ2n) is 6.19. The van der Waals surface area contributed by atoms with E-state index in [0.29, 0.717) is 23.4 Å². The number of nitriles is 1. The number of nitrogens with zero attached hydrogens (tertiary/aromatic N) is 4. The molecule has 0 N–H and O–H groups in total. The molecule has 0 aliphatic carbocycles. The fraction of sp³-hybridized carbons (Fsp3) is 0.389. The monoisotopic (exact) mass is 306 g/mol. The molecular formula is C18H18N4O. The van der Waals surface area contributed by atoms with Crippen LogP contribution in [0.3, 0.4) is 0 Å². The zero-order valence-corrected chi connectivity index (χ0v) is 13.1. The normalized spacial score (nSPS) is 22.4. The zero-order chi connectivity index (χ0) is 15.8. The van der Waals surface area contributed by atoms with Gasteiger partial charge in [-0.05, 0) is 30.5 Å². The molecule has 23 heavy (non-hydrogen) atoms. The van der Waals surface area contributed by atoms with E-state index >= 15 is 0 Å². The average molecular weight is 306 g/mol. The minimum atomic E-state index is 0.401. The van der Waals surface area contributed by atoms with Crippen molar-refractivity contribution in [3.8, 4) is 11.8 Å². The minimum Gasteiger partial charge on any atom is -0.495 e. The van der Waals surface area contributed by atoms with Crippen molar-refractivity contribution >= 4 is 0 Å². The molecule has 2 aliphatic heterocycles. The lowest BCUT2D eigenvalue weighted by atomic mass is 9.98. The van der Waals surface area contributed by atoms with Gasteiger partial charge in [0.1, 0.15) is 18.1 Å². The summed E-state index contributed by atoms with van der Waals surface area (Å²) in [5.74, 6) is 0.636. The van der Waals surface area contributed by atoms with E-state index in [1.165, 1.54) is 17.7 Å². The first-order valence-electron chi connectivity index (χ1n) is 7.91. The molecule has 2 atom stereocenters. The van der Waals surface area contributed by atoms with Gasteiger partial charge in [-0.3, -0.25) is 4.90 Å². The topological polar surface area (TPSA) is 62.0 Å². The molecule has 1 saturated heterocycles. The minimum absolute atomic E-state index is 0.401. The number of benzene rings is 1. The van der Waals surface area contributed by atoms with Crippen LogP contribution in [0.5, 0.6) is 5.75 Å². The Labute approximate surface area is 135 Å². The summed E-state index contributed by atoms with van der Waals surface area (Å²) in [5, 5.41) is 9.27. The van der Waals surface area contributed by atoms with Crippen molar-refractivity contribution in [1.29, 1.82) is 5.26 Å². The molecule has 2 aromatic rings. The number of rotatable bonds is 3. The Morgan fingerprint density at radius 2 is 2.30 bits per heavy atom. The van der Waals surface area contributed by atoms with Gasteiger partial charge < -0.3 is 4.74 Å². The molecule has 0 radical (unpaired) electrons. The van der Waals surface area contributed by atoms with Crippen LogP contribution in [0.1, 0.15) is 41.3 Å². The summed E-state index contributed by atoms with van der Waals surface area (Å²) in [7, 11) is 1.59. The average Bonchev–Trinajstić information content (AvgIpc) is 2.87. The van der Waals surface area contributed by atoms with Gasteiger partial charge in [-0.1, -0.05) is 6.07 Å². The van der Waals surface area contributed by atoms with E-state index in [9.17, 15) is 5.26 Å². The lowest BCUT2D eigenvalue weighted by molar-refractivity contribution is 0.166. The van der Waals surface area contributed by atoms with E-state index in [0.717, 1.165) is 24.9 Å². The first-order chi connectivity index (χ1) is 11.3. The quantitative estimate of drug-likeness (QED) is 0.872. The summed E-state index contributed by atoms with van der Waals surface area (Å²) >= 11 is 0. The molecule has 2 bridgehead atoms. The van der Waals surface area contributed by atoms with Crippen molar-refractivity contribution in [2.24, 2.45) is 0 Å². The number of methoxy groups -OCH3 is 1. The van der Waals surface area contributed by atoms with Gasteiger partial charge in [0.15, 0.2) is 0 Å². The van der Waals surface area contributed by atoms with Crippen LogP contribution in [0.4, 0.5) is 0 Å². The first kappa shape index (κ1) is 14.2. The summed E-state index contributed by atoms with van der Waals surface area (Å²) in [6.07, 6.45) is 6.97. The van der Waals surface area contributed by atoms with Crippen LogP contribution in [0.15, 0.2) is 30.7 Å². The largest absolute Gasteiger partial charge is 0.495 e. The van der Waals surface area contributed by atoms with Gasteiger partial charge in [-0.15, -0.1) is 0 Å². The lowest BCUT2D eigenvalue weighted by Crippen LogP contribution is -2.37. The third-order valence-corrected chi connectivity index (χ3v) is 5.01. The molecular weight excluding hydrogens is 288 g/mol. The number of hydrogen-bond acceptors (Lipinski definition) is 5. The highest BCUT2D eigenvalue weighted by molar-refractivity contribution is 5.45. The Hall–Kier alpha value is -2.45. The highest BCUT2D eigenvalue weighted by atomic mass is 16.5.